The molecule has 0 aromatic heterocycles. The van der Waals surface area contributed by atoms with Crippen molar-refractivity contribution < 1.29 is 8.42 Å². The smallest absolute Gasteiger partial charge is 0.151 e. The van der Waals surface area contributed by atoms with Gasteiger partial charge in [-0.3, -0.25) is 0 Å². The van der Waals surface area contributed by atoms with Gasteiger partial charge >= 0.3 is 0 Å². The molecule has 0 heterocycles. The van der Waals surface area contributed by atoms with Crippen molar-refractivity contribution in [3.63, 3.8) is 0 Å². The lowest BCUT2D eigenvalue weighted by Gasteiger charge is -2.06. The topological polar surface area (TPSA) is 46.2 Å². The number of hydrogen-bond acceptors (Lipinski definition) is 3. The summed E-state index contributed by atoms with van der Waals surface area (Å²) in [5.41, 5.74) is 0. The van der Waals surface area contributed by atoms with E-state index in [2.05, 4.69) is 5.32 Å². The monoisotopic (exact) mass is 207 g/mol. The Kier molecular flexibility index (Phi) is 6.33. The zero-order valence-corrected chi connectivity index (χ0v) is 9.65. The molecule has 3 nitrogen and oxygen atoms in total. The molecule has 0 aliphatic heterocycles. The first-order valence-corrected chi connectivity index (χ1v) is 6.71. The van der Waals surface area contributed by atoms with Gasteiger partial charge < -0.3 is 5.32 Å². The first kappa shape index (κ1) is 12.9. The average molecular weight is 207 g/mol. The fourth-order valence-electron chi connectivity index (χ4n) is 0.922. The molecule has 0 bridgehead atoms. The highest BCUT2D eigenvalue weighted by Gasteiger charge is 2.10. The lowest BCUT2D eigenvalue weighted by molar-refractivity contribution is 0.571. The predicted octanol–water partition coefficient (Wildman–Crippen LogP) is 1.06. The third-order valence-corrected chi connectivity index (χ3v) is 3.53. The molecule has 0 aliphatic carbocycles. The van der Waals surface area contributed by atoms with E-state index in [1.807, 2.05) is 20.8 Å². The van der Waals surface area contributed by atoms with Crippen LogP contribution >= 0.6 is 0 Å². The van der Waals surface area contributed by atoms with Crippen LogP contribution in [-0.2, 0) is 9.84 Å². The second-order valence-electron chi connectivity index (χ2n) is 3.69. The minimum absolute atomic E-state index is 0.271. The fraction of sp³-hybridized carbons (Fsp3) is 1.00. The second-order valence-corrected chi connectivity index (χ2v) is 5.99. The van der Waals surface area contributed by atoms with Gasteiger partial charge in [0.05, 0.1) is 11.5 Å². The van der Waals surface area contributed by atoms with E-state index in [0.29, 0.717) is 18.2 Å². The van der Waals surface area contributed by atoms with Crippen molar-refractivity contribution in [1.82, 2.24) is 5.32 Å². The van der Waals surface area contributed by atoms with Gasteiger partial charge in [0.2, 0.25) is 0 Å². The first-order valence-electron chi connectivity index (χ1n) is 4.89. The van der Waals surface area contributed by atoms with Crippen molar-refractivity contribution >= 4 is 9.84 Å². The molecule has 0 amide bonds. The lowest BCUT2D eigenvalue weighted by atomic mass is 10.2. The van der Waals surface area contributed by atoms with Gasteiger partial charge in [-0.15, -0.1) is 0 Å². The second kappa shape index (κ2) is 6.38. The zero-order valence-electron chi connectivity index (χ0n) is 8.84. The van der Waals surface area contributed by atoms with Gasteiger partial charge in [-0.25, -0.2) is 8.42 Å². The van der Waals surface area contributed by atoms with E-state index < -0.39 is 9.84 Å². The summed E-state index contributed by atoms with van der Waals surface area (Å²) in [7, 11) is -2.81. The molecule has 0 radical (unpaired) electrons. The normalized spacial score (nSPS) is 12.3. The Hall–Kier alpha value is -0.0900. The highest BCUT2D eigenvalue weighted by Crippen LogP contribution is 2.02. The van der Waals surface area contributed by atoms with Crippen LogP contribution < -0.4 is 5.32 Å². The van der Waals surface area contributed by atoms with Crippen LogP contribution in [0.5, 0.6) is 0 Å². The van der Waals surface area contributed by atoms with E-state index >= 15 is 0 Å². The molecule has 0 rings (SSSR count). The molecule has 0 aromatic carbocycles. The Balaban J connectivity index is 3.68. The fourth-order valence-corrected chi connectivity index (χ4v) is 2.41. The first-order chi connectivity index (χ1) is 5.98. The number of nitrogens with one attached hydrogen (secondary N) is 1. The van der Waals surface area contributed by atoms with Crippen molar-refractivity contribution in [3.8, 4) is 0 Å². The van der Waals surface area contributed by atoms with Crippen molar-refractivity contribution in [2.45, 2.75) is 27.2 Å². The van der Waals surface area contributed by atoms with Crippen LogP contribution in [0.15, 0.2) is 0 Å². The van der Waals surface area contributed by atoms with Gasteiger partial charge in [0.25, 0.3) is 0 Å². The Labute approximate surface area is 81.8 Å². The molecule has 4 heteroatoms. The third kappa shape index (κ3) is 8.25. The Bertz CT molecular complexity index is 210. The van der Waals surface area contributed by atoms with Gasteiger partial charge in [0, 0.05) is 6.54 Å². The Morgan fingerprint density at radius 1 is 1.23 bits per heavy atom. The highest BCUT2D eigenvalue weighted by molar-refractivity contribution is 7.91. The summed E-state index contributed by atoms with van der Waals surface area (Å²) in [6.07, 6.45) is 0.772. The van der Waals surface area contributed by atoms with Crippen molar-refractivity contribution in [2.24, 2.45) is 5.92 Å². The highest BCUT2D eigenvalue weighted by atomic mass is 32.2. The van der Waals surface area contributed by atoms with Crippen LogP contribution in [0, 0.1) is 5.92 Å². The maximum absolute atomic E-state index is 11.4. The minimum Gasteiger partial charge on any atom is -0.316 e. The summed E-state index contributed by atoms with van der Waals surface area (Å²) in [5, 5.41) is 3.01. The standard InChI is InChI=1S/C9H21NO2S/c1-4-10-6-8-13(11,12)7-5-9(2)3/h9-10H,4-8H2,1-3H3. The molecule has 0 saturated carbocycles. The van der Waals surface area contributed by atoms with Crippen LogP contribution in [0.1, 0.15) is 27.2 Å². The summed E-state index contributed by atoms with van der Waals surface area (Å²) in [6, 6.07) is 0. The summed E-state index contributed by atoms with van der Waals surface area (Å²) in [6.45, 7) is 7.47. The number of rotatable bonds is 7. The number of sulfone groups is 1. The van der Waals surface area contributed by atoms with Crippen LogP contribution in [0.2, 0.25) is 0 Å². The molecule has 13 heavy (non-hydrogen) atoms. The van der Waals surface area contributed by atoms with Crippen LogP contribution in [-0.4, -0.2) is 33.0 Å². The van der Waals surface area contributed by atoms with E-state index in [1.54, 1.807) is 0 Å². The predicted molar refractivity (Wildman–Crippen MR) is 56.7 cm³/mol. The molecular formula is C9H21NO2S. The molecule has 0 atom stereocenters. The SMILES string of the molecule is CCNCCS(=O)(=O)CCC(C)C. The van der Waals surface area contributed by atoms with Crippen LogP contribution in [0.25, 0.3) is 0 Å². The third-order valence-electron chi connectivity index (χ3n) is 1.85. The molecular weight excluding hydrogens is 186 g/mol. The maximum Gasteiger partial charge on any atom is 0.151 e. The molecule has 0 spiro atoms. The summed E-state index contributed by atoms with van der Waals surface area (Å²) < 4.78 is 22.7. The molecule has 1 N–H and O–H groups in total. The molecule has 80 valence electrons. The molecule has 0 aromatic rings. The largest absolute Gasteiger partial charge is 0.316 e. The van der Waals surface area contributed by atoms with E-state index in [0.717, 1.165) is 13.0 Å². The Morgan fingerprint density at radius 3 is 2.31 bits per heavy atom. The zero-order chi connectivity index (χ0) is 10.3. The van der Waals surface area contributed by atoms with Gasteiger partial charge in [0.1, 0.15) is 0 Å². The van der Waals surface area contributed by atoms with E-state index in [1.165, 1.54) is 0 Å². The molecule has 0 saturated heterocycles. The summed E-state index contributed by atoms with van der Waals surface area (Å²) >= 11 is 0. The summed E-state index contributed by atoms with van der Waals surface area (Å²) in [4.78, 5) is 0. The van der Waals surface area contributed by atoms with E-state index in [9.17, 15) is 8.42 Å². The van der Waals surface area contributed by atoms with E-state index in [-0.39, 0.29) is 5.75 Å². The van der Waals surface area contributed by atoms with Crippen molar-refractivity contribution in [3.05, 3.63) is 0 Å². The molecule has 0 fully saturated rings. The lowest BCUT2D eigenvalue weighted by Crippen LogP contribution is -2.24. The van der Waals surface area contributed by atoms with Crippen LogP contribution in [0.3, 0.4) is 0 Å². The summed E-state index contributed by atoms with van der Waals surface area (Å²) in [5.74, 6) is 1.07. The van der Waals surface area contributed by atoms with Crippen LogP contribution in [0.4, 0.5) is 0 Å². The van der Waals surface area contributed by atoms with Gasteiger partial charge in [0.15, 0.2) is 9.84 Å². The van der Waals surface area contributed by atoms with Gasteiger partial charge in [-0.1, -0.05) is 20.8 Å². The molecule has 0 unspecified atom stereocenters. The quantitative estimate of drug-likeness (QED) is 0.635. The van der Waals surface area contributed by atoms with Crippen molar-refractivity contribution in [2.75, 3.05) is 24.6 Å². The average Bonchev–Trinajstić information content (AvgIpc) is 2.02. The maximum atomic E-state index is 11.4. The van der Waals surface area contributed by atoms with Gasteiger partial charge in [-0.05, 0) is 18.9 Å². The Morgan fingerprint density at radius 2 is 1.85 bits per heavy atom. The van der Waals surface area contributed by atoms with Gasteiger partial charge in [-0.2, -0.15) is 0 Å². The van der Waals surface area contributed by atoms with E-state index in [4.69, 9.17) is 0 Å². The molecule has 0 aliphatic rings. The number of hydrogen-bond donors (Lipinski definition) is 1. The van der Waals surface area contributed by atoms with Crippen molar-refractivity contribution in [1.29, 1.82) is 0 Å². The minimum atomic E-state index is -2.81.